The number of carbonyl (C=O) groups excluding carboxylic acids is 1. The van der Waals surface area contributed by atoms with Gasteiger partial charge in [-0.25, -0.2) is 0 Å². The lowest BCUT2D eigenvalue weighted by atomic mass is 10.1. The minimum atomic E-state index is 0.284. The van der Waals surface area contributed by atoms with E-state index in [1.807, 2.05) is 12.1 Å². The summed E-state index contributed by atoms with van der Waals surface area (Å²) in [4.78, 5) is 14.7. The van der Waals surface area contributed by atoms with Crippen LogP contribution in [0.1, 0.15) is 37.7 Å². The first-order valence-corrected chi connectivity index (χ1v) is 7.26. The van der Waals surface area contributed by atoms with Crippen LogP contribution < -0.4 is 0 Å². The van der Waals surface area contributed by atoms with E-state index < -0.39 is 0 Å². The molecule has 3 aliphatic carbocycles. The first-order valence-electron chi connectivity index (χ1n) is 7.26. The van der Waals surface area contributed by atoms with Gasteiger partial charge in [0.15, 0.2) is 0 Å². The van der Waals surface area contributed by atoms with Gasteiger partial charge in [0, 0.05) is 18.5 Å². The van der Waals surface area contributed by atoms with Crippen molar-refractivity contribution < 1.29 is 9.90 Å². The third kappa shape index (κ3) is 2.01. The number of amides is 1. The molecule has 3 nitrogen and oxygen atoms in total. The van der Waals surface area contributed by atoms with Gasteiger partial charge in [-0.05, 0) is 55.2 Å². The molecule has 3 saturated carbocycles. The van der Waals surface area contributed by atoms with E-state index in [1.54, 1.807) is 12.1 Å². The summed E-state index contributed by atoms with van der Waals surface area (Å²) >= 11 is 0. The van der Waals surface area contributed by atoms with E-state index in [4.69, 9.17) is 0 Å². The van der Waals surface area contributed by atoms with Crippen LogP contribution >= 0.6 is 0 Å². The maximum absolute atomic E-state index is 12.6. The van der Waals surface area contributed by atoms with Gasteiger partial charge in [0.05, 0.1) is 0 Å². The second-order valence-electron chi connectivity index (χ2n) is 6.48. The van der Waals surface area contributed by atoms with Crippen LogP contribution in [0, 0.1) is 11.3 Å². The van der Waals surface area contributed by atoms with Gasteiger partial charge < -0.3 is 10.0 Å². The average Bonchev–Trinajstić information content (AvgIpc) is 3.29. The maximum atomic E-state index is 12.6. The van der Waals surface area contributed by atoms with Crippen molar-refractivity contribution in [2.24, 2.45) is 11.3 Å². The highest BCUT2D eigenvalue weighted by molar-refractivity contribution is 5.84. The molecule has 0 unspecified atom stereocenters. The van der Waals surface area contributed by atoms with Crippen LogP contribution in [0.4, 0.5) is 0 Å². The summed E-state index contributed by atoms with van der Waals surface area (Å²) in [5, 5.41) is 9.32. The molecule has 0 aromatic heterocycles. The predicted octanol–water partition coefficient (Wildman–Crippen LogP) is 2.68. The Morgan fingerprint density at radius 3 is 2.47 bits per heavy atom. The molecule has 1 spiro atoms. The van der Waals surface area contributed by atoms with Crippen molar-refractivity contribution in [3.63, 3.8) is 0 Å². The largest absolute Gasteiger partial charge is 0.508 e. The van der Waals surface area contributed by atoms with Crippen LogP contribution in [-0.4, -0.2) is 22.0 Å². The summed E-state index contributed by atoms with van der Waals surface area (Å²) in [6.45, 7) is 0.705. The molecule has 19 heavy (non-hydrogen) atoms. The Balaban J connectivity index is 1.48. The second-order valence-corrected chi connectivity index (χ2v) is 6.48. The van der Waals surface area contributed by atoms with Gasteiger partial charge in [-0.2, -0.15) is 0 Å². The van der Waals surface area contributed by atoms with Gasteiger partial charge in [0.25, 0.3) is 0 Å². The van der Waals surface area contributed by atoms with Crippen LogP contribution in [-0.2, 0) is 11.3 Å². The van der Waals surface area contributed by atoms with Crippen LogP contribution in [0.25, 0.3) is 0 Å². The predicted molar refractivity (Wildman–Crippen MR) is 71.5 cm³/mol. The first kappa shape index (κ1) is 11.3. The Hall–Kier alpha value is -1.51. The fourth-order valence-electron chi connectivity index (χ4n) is 3.18. The van der Waals surface area contributed by atoms with E-state index in [1.165, 1.54) is 12.8 Å². The molecule has 0 bridgehead atoms. The normalized spacial score (nSPS) is 26.2. The molecule has 0 saturated heterocycles. The molecule has 3 fully saturated rings. The molecule has 3 aliphatic rings. The zero-order valence-corrected chi connectivity index (χ0v) is 11.0. The van der Waals surface area contributed by atoms with Crippen LogP contribution in [0.2, 0.25) is 0 Å². The highest BCUT2D eigenvalue weighted by Gasteiger charge is 2.66. The van der Waals surface area contributed by atoms with Crippen LogP contribution in [0.5, 0.6) is 5.75 Å². The van der Waals surface area contributed by atoms with E-state index >= 15 is 0 Å². The van der Waals surface area contributed by atoms with Gasteiger partial charge in [0.2, 0.25) is 5.91 Å². The average molecular weight is 257 g/mol. The van der Waals surface area contributed by atoms with Crippen LogP contribution in [0.15, 0.2) is 24.3 Å². The molecular weight excluding hydrogens is 238 g/mol. The lowest BCUT2D eigenvalue weighted by Crippen LogP contribution is -2.34. The lowest BCUT2D eigenvalue weighted by Gasteiger charge is -2.23. The molecule has 1 atom stereocenters. The zero-order chi connectivity index (χ0) is 13.0. The number of carbonyl (C=O) groups is 1. The van der Waals surface area contributed by atoms with Crippen molar-refractivity contribution >= 4 is 5.91 Å². The topological polar surface area (TPSA) is 40.5 Å². The number of hydrogen-bond acceptors (Lipinski definition) is 2. The van der Waals surface area contributed by atoms with Gasteiger partial charge in [0.1, 0.15) is 5.75 Å². The Morgan fingerprint density at radius 1 is 1.26 bits per heavy atom. The Kier molecular flexibility index (Phi) is 2.23. The standard InChI is InChI=1S/C16H19NO2/c18-13-5-1-11(2-6-13)10-17(12-3-4-12)15(19)14-9-16(14)7-8-16/h1-2,5-6,12,14,18H,3-4,7-10H2/t14-/m0/s1. The smallest absolute Gasteiger partial charge is 0.226 e. The number of hydrogen-bond donors (Lipinski definition) is 1. The maximum Gasteiger partial charge on any atom is 0.226 e. The van der Waals surface area contributed by atoms with E-state index in [0.29, 0.717) is 29.8 Å². The SMILES string of the molecule is O=C([C@@H]1CC12CC2)N(Cc1ccc(O)cc1)C1CC1. The Bertz CT molecular complexity index is 514. The van der Waals surface area contributed by atoms with Crippen LogP contribution in [0.3, 0.4) is 0 Å². The van der Waals surface area contributed by atoms with Crippen molar-refractivity contribution in [2.75, 3.05) is 0 Å². The summed E-state index contributed by atoms with van der Waals surface area (Å²) in [6.07, 6.45) is 5.97. The second kappa shape index (κ2) is 3.75. The van der Waals surface area contributed by atoms with Crippen molar-refractivity contribution in [1.82, 2.24) is 4.90 Å². The molecule has 4 rings (SSSR count). The highest BCUT2D eigenvalue weighted by atomic mass is 16.3. The Morgan fingerprint density at radius 2 is 1.95 bits per heavy atom. The first-order chi connectivity index (χ1) is 9.18. The number of rotatable bonds is 4. The van der Waals surface area contributed by atoms with Crippen molar-refractivity contribution in [3.05, 3.63) is 29.8 Å². The van der Waals surface area contributed by atoms with Gasteiger partial charge in [-0.15, -0.1) is 0 Å². The summed E-state index contributed by atoms with van der Waals surface area (Å²) < 4.78 is 0. The molecule has 0 radical (unpaired) electrons. The third-order valence-corrected chi connectivity index (χ3v) is 4.94. The van der Waals surface area contributed by atoms with Crippen molar-refractivity contribution in [2.45, 2.75) is 44.7 Å². The van der Waals surface area contributed by atoms with Crippen molar-refractivity contribution in [3.8, 4) is 5.75 Å². The molecular formula is C16H19NO2. The van der Waals surface area contributed by atoms with E-state index in [2.05, 4.69) is 4.90 Å². The number of aromatic hydroxyl groups is 1. The fourth-order valence-corrected chi connectivity index (χ4v) is 3.18. The number of phenols is 1. The molecule has 1 aromatic carbocycles. The van der Waals surface area contributed by atoms with Crippen molar-refractivity contribution in [1.29, 1.82) is 0 Å². The zero-order valence-electron chi connectivity index (χ0n) is 11.0. The third-order valence-electron chi connectivity index (χ3n) is 4.94. The quantitative estimate of drug-likeness (QED) is 0.901. The van der Waals surface area contributed by atoms with Gasteiger partial charge >= 0.3 is 0 Å². The molecule has 0 aliphatic heterocycles. The molecule has 1 N–H and O–H groups in total. The fraction of sp³-hybridized carbons (Fsp3) is 0.562. The summed E-state index contributed by atoms with van der Waals surface area (Å²) in [6, 6.07) is 7.70. The Labute approximate surface area is 113 Å². The lowest BCUT2D eigenvalue weighted by molar-refractivity contribution is -0.134. The molecule has 3 heteroatoms. The minimum absolute atomic E-state index is 0.284. The highest BCUT2D eigenvalue weighted by Crippen LogP contribution is 2.71. The molecule has 100 valence electrons. The van der Waals surface area contributed by atoms with Gasteiger partial charge in [-0.1, -0.05) is 12.1 Å². The van der Waals surface area contributed by atoms with E-state index in [0.717, 1.165) is 24.8 Å². The number of nitrogens with zero attached hydrogens (tertiary/aromatic N) is 1. The summed E-state index contributed by atoms with van der Waals surface area (Å²) in [5.74, 6) is 0.991. The summed E-state index contributed by atoms with van der Waals surface area (Å²) in [5.41, 5.74) is 1.56. The molecule has 0 heterocycles. The number of benzene rings is 1. The minimum Gasteiger partial charge on any atom is -0.508 e. The molecule has 1 aromatic rings. The number of phenolic OH excluding ortho intramolecular Hbond substituents is 1. The van der Waals surface area contributed by atoms with E-state index in [-0.39, 0.29) is 5.75 Å². The molecule has 1 amide bonds. The monoisotopic (exact) mass is 257 g/mol. The van der Waals surface area contributed by atoms with E-state index in [9.17, 15) is 9.90 Å². The van der Waals surface area contributed by atoms with Gasteiger partial charge in [-0.3, -0.25) is 4.79 Å². The summed E-state index contributed by atoms with van der Waals surface area (Å²) in [7, 11) is 0.